The molecule has 3 aliphatic rings. The summed E-state index contributed by atoms with van der Waals surface area (Å²) in [5, 5.41) is 3.06. The van der Waals surface area contributed by atoms with Crippen molar-refractivity contribution in [2.45, 2.75) is 50.8 Å². The highest BCUT2D eigenvalue weighted by molar-refractivity contribution is 7.19. The highest BCUT2D eigenvalue weighted by Gasteiger charge is 2.54. The Hall–Kier alpha value is -3.66. The van der Waals surface area contributed by atoms with Crippen LogP contribution in [-0.4, -0.2) is 46.1 Å². The van der Waals surface area contributed by atoms with Gasteiger partial charge in [0.1, 0.15) is 17.1 Å². The lowest BCUT2D eigenvalue weighted by atomic mass is 10.0. The summed E-state index contributed by atoms with van der Waals surface area (Å²) in [5.41, 5.74) is 7.38. The molecule has 192 valence electrons. The number of anilines is 1. The van der Waals surface area contributed by atoms with Gasteiger partial charge in [0.25, 0.3) is 5.91 Å². The number of thiazole rings is 1. The Morgan fingerprint density at radius 2 is 2.08 bits per heavy atom. The first kappa shape index (κ1) is 23.7. The van der Waals surface area contributed by atoms with Crippen LogP contribution >= 0.6 is 11.3 Å². The lowest BCUT2D eigenvalue weighted by Crippen LogP contribution is -2.46. The van der Waals surface area contributed by atoms with Crippen LogP contribution in [0.5, 0.6) is 11.5 Å². The number of rotatable bonds is 5. The minimum Gasteiger partial charge on any atom is -0.483 e. The number of piperidine rings is 1. The first-order chi connectivity index (χ1) is 17.7. The third-order valence-corrected chi connectivity index (χ3v) is 8.05. The lowest BCUT2D eigenvalue weighted by molar-refractivity contribution is 0.0693. The van der Waals surface area contributed by atoms with E-state index in [-0.39, 0.29) is 41.0 Å². The highest BCUT2D eigenvalue weighted by atomic mass is 32.1. The van der Waals surface area contributed by atoms with Crippen molar-refractivity contribution in [1.29, 1.82) is 0 Å². The van der Waals surface area contributed by atoms with Crippen molar-refractivity contribution < 1.29 is 23.5 Å². The van der Waals surface area contributed by atoms with Crippen LogP contribution in [0.3, 0.4) is 0 Å². The number of para-hydroxylation sites is 1. The van der Waals surface area contributed by atoms with Crippen LogP contribution < -0.4 is 20.5 Å². The molecule has 1 aliphatic carbocycles. The summed E-state index contributed by atoms with van der Waals surface area (Å²) in [5.74, 6) is 0.709. The Balaban J connectivity index is 1.16. The number of likely N-dealkylation sites (tertiary alicyclic amines) is 1. The van der Waals surface area contributed by atoms with Crippen molar-refractivity contribution in [3.8, 4) is 21.9 Å². The number of nitrogens with one attached hydrogen (secondary N) is 1. The first-order valence-corrected chi connectivity index (χ1v) is 13.1. The topological polar surface area (TPSA) is 107 Å². The van der Waals surface area contributed by atoms with Crippen LogP contribution in [0.2, 0.25) is 0 Å². The normalized spacial score (nSPS) is 22.7. The van der Waals surface area contributed by atoms with Gasteiger partial charge >= 0.3 is 6.09 Å². The number of nitrogens with two attached hydrogens (primary N) is 1. The van der Waals surface area contributed by atoms with Crippen molar-refractivity contribution in [1.82, 2.24) is 15.2 Å². The molecule has 6 rings (SSSR count). The number of aromatic nitrogens is 1. The van der Waals surface area contributed by atoms with Gasteiger partial charge < -0.3 is 25.4 Å². The Morgan fingerprint density at radius 3 is 2.89 bits per heavy atom. The number of ether oxygens (including phenoxy) is 2. The second-order valence-corrected chi connectivity index (χ2v) is 11.5. The quantitative estimate of drug-likeness (QED) is 0.506. The molecule has 2 aliphatic heterocycles. The van der Waals surface area contributed by atoms with E-state index in [1.807, 2.05) is 26.0 Å². The summed E-state index contributed by atoms with van der Waals surface area (Å²) in [7, 11) is 0. The largest absolute Gasteiger partial charge is 0.483 e. The van der Waals surface area contributed by atoms with Gasteiger partial charge in [-0.3, -0.25) is 4.79 Å². The number of nitrogens with zero attached hydrogens (tertiary/aromatic N) is 2. The molecule has 10 heteroatoms. The van der Waals surface area contributed by atoms with Gasteiger partial charge in [-0.15, -0.1) is 0 Å². The average Bonchev–Trinajstić information content (AvgIpc) is 3.17. The fourth-order valence-corrected chi connectivity index (χ4v) is 6.31. The number of halogens is 1. The van der Waals surface area contributed by atoms with E-state index < -0.39 is 11.9 Å². The minimum atomic E-state index is -0.604. The molecular formula is C27H27FN4O4S. The molecule has 1 aromatic heterocycles. The van der Waals surface area contributed by atoms with Crippen LogP contribution in [-0.2, 0) is 6.42 Å². The zero-order chi connectivity index (χ0) is 25.9. The van der Waals surface area contributed by atoms with Gasteiger partial charge in [-0.05, 0) is 56.4 Å². The molecule has 2 aromatic carbocycles. The van der Waals surface area contributed by atoms with Crippen LogP contribution in [0.25, 0.3) is 10.4 Å². The number of carbonyl (C=O) groups is 2. The van der Waals surface area contributed by atoms with E-state index in [1.54, 1.807) is 23.1 Å². The fraction of sp³-hybridized carbons (Fsp3) is 0.370. The van der Waals surface area contributed by atoms with Crippen molar-refractivity contribution in [3.63, 3.8) is 0 Å². The maximum Gasteiger partial charge on any atom is 0.412 e. The van der Waals surface area contributed by atoms with E-state index in [4.69, 9.17) is 15.2 Å². The van der Waals surface area contributed by atoms with E-state index in [9.17, 15) is 14.0 Å². The number of carbonyl (C=O) groups excluding carboxylic acids is 2. The molecule has 3 aromatic rings. The number of fused-ring (bicyclic) bond motifs is 2. The Bertz CT molecular complexity index is 1410. The van der Waals surface area contributed by atoms with Crippen molar-refractivity contribution in [2.75, 3.05) is 12.3 Å². The van der Waals surface area contributed by atoms with Gasteiger partial charge in [0.2, 0.25) is 0 Å². The maximum absolute atomic E-state index is 13.9. The summed E-state index contributed by atoms with van der Waals surface area (Å²) in [6.45, 7) is 4.22. The first-order valence-electron chi connectivity index (χ1n) is 12.3. The molecule has 8 nitrogen and oxygen atoms in total. The zero-order valence-electron chi connectivity index (χ0n) is 20.5. The molecular weight excluding hydrogens is 495 g/mol. The van der Waals surface area contributed by atoms with Crippen LogP contribution in [0.15, 0.2) is 42.5 Å². The molecule has 1 saturated carbocycles. The van der Waals surface area contributed by atoms with Crippen LogP contribution in [0, 0.1) is 11.7 Å². The van der Waals surface area contributed by atoms with Gasteiger partial charge in [0, 0.05) is 24.6 Å². The molecule has 37 heavy (non-hydrogen) atoms. The van der Waals surface area contributed by atoms with E-state index in [1.165, 1.54) is 12.1 Å². The van der Waals surface area contributed by atoms with Gasteiger partial charge in [-0.25, -0.2) is 14.2 Å². The Morgan fingerprint density at radius 1 is 1.27 bits per heavy atom. The van der Waals surface area contributed by atoms with Gasteiger partial charge in [-0.2, -0.15) is 0 Å². The minimum absolute atomic E-state index is 0.103. The molecule has 1 saturated heterocycles. The maximum atomic E-state index is 13.9. The number of amides is 2. The molecule has 3 heterocycles. The number of benzene rings is 2. The standard InChI is InChI=1S/C27H27FN4O4S/c1-27(2)12-15-6-4-8-20(22(15)36-27)35-26(34)30-13-18-10-16-11-19(16)32(18)24(33)21-23(37-25(29)31-21)14-5-3-7-17(28)9-14/h3-9,16,18-19H,10-13H2,1-2H3,(H2,29,31)(H,30,34)/t16-,18+,19+/m1/s1. The molecule has 0 unspecified atom stereocenters. The zero-order valence-corrected chi connectivity index (χ0v) is 21.3. The summed E-state index contributed by atoms with van der Waals surface area (Å²) in [6.07, 6.45) is 1.84. The second kappa shape index (κ2) is 8.72. The van der Waals surface area contributed by atoms with Crippen molar-refractivity contribution in [2.24, 2.45) is 5.92 Å². The average molecular weight is 523 g/mol. The molecule has 0 bridgehead atoms. The summed E-state index contributed by atoms with van der Waals surface area (Å²) in [4.78, 5) is 33.0. The Kier molecular flexibility index (Phi) is 5.59. The van der Waals surface area contributed by atoms with Gasteiger partial charge in [0.05, 0.1) is 10.9 Å². The molecule has 3 atom stereocenters. The molecule has 0 spiro atoms. The van der Waals surface area contributed by atoms with Crippen molar-refractivity contribution >= 4 is 28.5 Å². The second-order valence-electron chi connectivity index (χ2n) is 10.5. The predicted molar refractivity (Wildman–Crippen MR) is 137 cm³/mol. The van der Waals surface area contributed by atoms with E-state index in [2.05, 4.69) is 10.3 Å². The number of nitrogen functional groups attached to an aromatic ring is 1. The highest BCUT2D eigenvalue weighted by Crippen LogP contribution is 2.49. The van der Waals surface area contributed by atoms with Crippen molar-refractivity contribution in [3.05, 3.63) is 59.5 Å². The van der Waals surface area contributed by atoms with E-state index in [0.29, 0.717) is 27.9 Å². The van der Waals surface area contributed by atoms with Gasteiger partial charge in [-0.1, -0.05) is 35.6 Å². The van der Waals surface area contributed by atoms with E-state index in [0.717, 1.165) is 36.2 Å². The Labute approximate surface area is 217 Å². The summed E-state index contributed by atoms with van der Waals surface area (Å²) < 4.78 is 25.4. The van der Waals surface area contributed by atoms with Crippen LogP contribution in [0.4, 0.5) is 14.3 Å². The van der Waals surface area contributed by atoms with Crippen LogP contribution in [0.1, 0.15) is 42.7 Å². The smallest absolute Gasteiger partial charge is 0.412 e. The number of hydrogen-bond acceptors (Lipinski definition) is 7. The van der Waals surface area contributed by atoms with Gasteiger partial charge in [0.15, 0.2) is 16.6 Å². The monoisotopic (exact) mass is 522 g/mol. The third-order valence-electron chi connectivity index (χ3n) is 7.12. The fourth-order valence-electron chi connectivity index (χ4n) is 5.49. The lowest BCUT2D eigenvalue weighted by Gasteiger charge is -2.27. The third kappa shape index (κ3) is 4.50. The molecule has 2 fully saturated rings. The molecule has 0 radical (unpaired) electrons. The predicted octanol–water partition coefficient (Wildman–Crippen LogP) is 4.64. The number of hydrogen-bond donors (Lipinski definition) is 2. The summed E-state index contributed by atoms with van der Waals surface area (Å²) in [6, 6.07) is 11.5. The SMILES string of the molecule is CC1(C)Cc2cccc(OC(=O)NC[C@@H]3C[C@@H]4C[C@@H]4N3C(=O)c3nc(N)sc3-c3cccc(F)c3)c2O1. The van der Waals surface area contributed by atoms with E-state index >= 15 is 0 Å². The molecule has 3 N–H and O–H groups in total. The molecule has 2 amide bonds. The summed E-state index contributed by atoms with van der Waals surface area (Å²) >= 11 is 1.16.